The van der Waals surface area contributed by atoms with E-state index in [1.54, 1.807) is 29.2 Å². The summed E-state index contributed by atoms with van der Waals surface area (Å²) in [7, 11) is 0. The number of ether oxygens (including phenoxy) is 2. The third kappa shape index (κ3) is 3.08. The van der Waals surface area contributed by atoms with Crippen molar-refractivity contribution >= 4 is 16.9 Å². The third-order valence-electron chi connectivity index (χ3n) is 5.78. The zero-order valence-electron chi connectivity index (χ0n) is 16.8. The van der Waals surface area contributed by atoms with Gasteiger partial charge in [0.05, 0.1) is 29.7 Å². The number of carbonyl (C=O) groups is 1. The van der Waals surface area contributed by atoms with Gasteiger partial charge in [0.25, 0.3) is 5.91 Å². The number of hydrogen-bond acceptors (Lipinski definition) is 5. The molecular formula is C24H23NO5. The minimum atomic E-state index is -0.530. The molecule has 0 unspecified atom stereocenters. The Kier molecular flexibility index (Phi) is 4.79. The van der Waals surface area contributed by atoms with Gasteiger partial charge >= 0.3 is 0 Å². The van der Waals surface area contributed by atoms with E-state index in [0.29, 0.717) is 42.0 Å². The summed E-state index contributed by atoms with van der Waals surface area (Å²) in [5.41, 5.74) is 1.48. The Morgan fingerprint density at radius 1 is 1.13 bits per heavy atom. The van der Waals surface area contributed by atoms with E-state index >= 15 is 0 Å². The summed E-state index contributed by atoms with van der Waals surface area (Å²) in [4.78, 5) is 28.5. The van der Waals surface area contributed by atoms with Gasteiger partial charge in [-0.25, -0.2) is 0 Å². The first-order valence-corrected chi connectivity index (χ1v) is 10.4. The van der Waals surface area contributed by atoms with Crippen LogP contribution in [-0.2, 0) is 4.74 Å². The number of amides is 1. The van der Waals surface area contributed by atoms with E-state index in [1.807, 2.05) is 31.2 Å². The lowest BCUT2D eigenvalue weighted by Crippen LogP contribution is -2.36. The van der Waals surface area contributed by atoms with E-state index in [-0.39, 0.29) is 23.2 Å². The molecule has 0 aliphatic carbocycles. The number of carbonyl (C=O) groups excluding carboxylic acids is 1. The van der Waals surface area contributed by atoms with Crippen molar-refractivity contribution in [2.24, 2.45) is 0 Å². The van der Waals surface area contributed by atoms with E-state index < -0.39 is 6.04 Å². The van der Waals surface area contributed by atoms with Crippen LogP contribution in [0, 0.1) is 0 Å². The maximum absolute atomic E-state index is 13.4. The van der Waals surface area contributed by atoms with Gasteiger partial charge in [-0.05, 0) is 49.6 Å². The van der Waals surface area contributed by atoms with Crippen LogP contribution in [0.2, 0.25) is 0 Å². The van der Waals surface area contributed by atoms with Crippen molar-refractivity contribution in [2.75, 3.05) is 19.8 Å². The van der Waals surface area contributed by atoms with Crippen LogP contribution >= 0.6 is 0 Å². The first-order chi connectivity index (χ1) is 14.7. The molecule has 6 heteroatoms. The van der Waals surface area contributed by atoms with Gasteiger partial charge in [-0.2, -0.15) is 0 Å². The summed E-state index contributed by atoms with van der Waals surface area (Å²) >= 11 is 0. The molecule has 0 N–H and O–H groups in total. The fourth-order valence-corrected chi connectivity index (χ4v) is 4.45. The van der Waals surface area contributed by atoms with E-state index in [4.69, 9.17) is 13.9 Å². The number of para-hydroxylation sites is 1. The van der Waals surface area contributed by atoms with Gasteiger partial charge in [0.2, 0.25) is 5.76 Å². The van der Waals surface area contributed by atoms with E-state index in [2.05, 4.69) is 0 Å². The molecule has 154 valence electrons. The van der Waals surface area contributed by atoms with Crippen molar-refractivity contribution in [1.82, 2.24) is 4.90 Å². The highest BCUT2D eigenvalue weighted by atomic mass is 16.5. The van der Waals surface area contributed by atoms with Crippen LogP contribution in [0.3, 0.4) is 0 Å². The predicted octanol–water partition coefficient (Wildman–Crippen LogP) is 3.92. The second kappa shape index (κ2) is 7.61. The molecule has 5 rings (SSSR count). The summed E-state index contributed by atoms with van der Waals surface area (Å²) in [6.45, 7) is 3.58. The Balaban J connectivity index is 1.68. The van der Waals surface area contributed by atoms with Gasteiger partial charge in [-0.1, -0.05) is 24.3 Å². The summed E-state index contributed by atoms with van der Waals surface area (Å²) in [6, 6.07) is 14.1. The predicted molar refractivity (Wildman–Crippen MR) is 112 cm³/mol. The average molecular weight is 405 g/mol. The fourth-order valence-electron chi connectivity index (χ4n) is 4.45. The van der Waals surface area contributed by atoms with Crippen molar-refractivity contribution in [3.05, 3.63) is 75.6 Å². The smallest absolute Gasteiger partial charge is 0.291 e. The zero-order chi connectivity index (χ0) is 20.7. The second-order valence-corrected chi connectivity index (χ2v) is 7.67. The molecule has 30 heavy (non-hydrogen) atoms. The SMILES string of the molecule is CCOc1cccc([C@@H]2c3c(oc4ccccc4c3=O)C(=O)N2C[C@@H]2CCCO2)c1. The summed E-state index contributed by atoms with van der Waals surface area (Å²) in [5.74, 6) is 0.566. The standard InChI is InChI=1S/C24H23NO5/c1-2-28-16-8-5-7-15(13-16)21-20-22(26)18-10-3-4-11-19(18)30-23(20)24(27)25(21)14-17-9-6-12-29-17/h3-5,7-8,10-11,13,17,21H,2,6,9,12,14H2,1H3/t17-,21+/m0/s1. The largest absolute Gasteiger partial charge is 0.494 e. The number of benzene rings is 2. The number of hydrogen-bond donors (Lipinski definition) is 0. The molecule has 3 heterocycles. The van der Waals surface area contributed by atoms with Gasteiger partial charge in [-0.3, -0.25) is 9.59 Å². The highest BCUT2D eigenvalue weighted by molar-refractivity contribution is 5.99. The molecule has 0 saturated carbocycles. The van der Waals surface area contributed by atoms with Crippen LogP contribution in [0.15, 0.2) is 57.7 Å². The Morgan fingerprint density at radius 2 is 2.00 bits per heavy atom. The average Bonchev–Trinajstić information content (AvgIpc) is 3.37. The van der Waals surface area contributed by atoms with Crippen LogP contribution in [-0.4, -0.2) is 36.7 Å². The number of fused-ring (bicyclic) bond motifs is 2. The number of nitrogens with zero attached hydrogens (tertiary/aromatic N) is 1. The molecule has 1 amide bonds. The van der Waals surface area contributed by atoms with Gasteiger partial charge in [0, 0.05) is 13.2 Å². The van der Waals surface area contributed by atoms with Crippen molar-refractivity contribution in [3.8, 4) is 5.75 Å². The first kappa shape index (κ1) is 18.9. The zero-order valence-corrected chi connectivity index (χ0v) is 16.8. The van der Waals surface area contributed by atoms with Gasteiger partial charge in [0.1, 0.15) is 11.3 Å². The minimum absolute atomic E-state index is 0.0367. The molecule has 2 aliphatic rings. The van der Waals surface area contributed by atoms with Crippen LogP contribution in [0.25, 0.3) is 11.0 Å². The Labute approximate surface area is 174 Å². The van der Waals surface area contributed by atoms with Crippen LogP contribution < -0.4 is 10.2 Å². The van der Waals surface area contributed by atoms with Crippen molar-refractivity contribution in [3.63, 3.8) is 0 Å². The van der Waals surface area contributed by atoms with Crippen molar-refractivity contribution < 1.29 is 18.7 Å². The van der Waals surface area contributed by atoms with Crippen molar-refractivity contribution in [2.45, 2.75) is 31.9 Å². The summed E-state index contributed by atoms with van der Waals surface area (Å²) in [6.07, 6.45) is 1.84. The van der Waals surface area contributed by atoms with Gasteiger partial charge in [0.15, 0.2) is 5.43 Å². The van der Waals surface area contributed by atoms with Crippen LogP contribution in [0.4, 0.5) is 0 Å². The van der Waals surface area contributed by atoms with Gasteiger partial charge in [-0.15, -0.1) is 0 Å². The monoisotopic (exact) mass is 405 g/mol. The molecule has 1 aromatic heterocycles. The van der Waals surface area contributed by atoms with Gasteiger partial charge < -0.3 is 18.8 Å². The fraction of sp³-hybridized carbons (Fsp3) is 0.333. The maximum Gasteiger partial charge on any atom is 0.291 e. The van der Waals surface area contributed by atoms with Crippen LogP contribution in [0.5, 0.6) is 5.75 Å². The molecule has 0 bridgehead atoms. The quantitative estimate of drug-likeness (QED) is 0.644. The molecular weight excluding hydrogens is 382 g/mol. The highest BCUT2D eigenvalue weighted by Crippen LogP contribution is 2.39. The second-order valence-electron chi connectivity index (χ2n) is 7.67. The minimum Gasteiger partial charge on any atom is -0.494 e. The van der Waals surface area contributed by atoms with E-state index in [1.165, 1.54) is 0 Å². The molecule has 2 atom stereocenters. The lowest BCUT2D eigenvalue weighted by Gasteiger charge is -2.27. The van der Waals surface area contributed by atoms with Crippen molar-refractivity contribution in [1.29, 1.82) is 0 Å². The first-order valence-electron chi connectivity index (χ1n) is 10.4. The Hall–Kier alpha value is -3.12. The Morgan fingerprint density at radius 3 is 2.80 bits per heavy atom. The highest BCUT2D eigenvalue weighted by Gasteiger charge is 2.44. The summed E-state index contributed by atoms with van der Waals surface area (Å²) in [5, 5.41) is 0.481. The molecule has 6 nitrogen and oxygen atoms in total. The maximum atomic E-state index is 13.4. The van der Waals surface area contributed by atoms with E-state index in [9.17, 15) is 9.59 Å². The molecule has 2 aliphatic heterocycles. The third-order valence-corrected chi connectivity index (χ3v) is 5.78. The normalized spacial score (nSPS) is 20.7. The number of rotatable bonds is 5. The molecule has 2 aromatic carbocycles. The molecule has 1 saturated heterocycles. The lowest BCUT2D eigenvalue weighted by molar-refractivity contribution is 0.0486. The topological polar surface area (TPSA) is 69.0 Å². The lowest BCUT2D eigenvalue weighted by atomic mass is 9.98. The molecule has 1 fully saturated rings. The molecule has 3 aromatic rings. The summed E-state index contributed by atoms with van der Waals surface area (Å²) < 4.78 is 17.4. The van der Waals surface area contributed by atoms with Crippen LogP contribution in [0.1, 0.15) is 47.5 Å². The molecule has 0 radical (unpaired) electrons. The molecule has 0 spiro atoms. The Bertz CT molecular complexity index is 1160. The van der Waals surface area contributed by atoms with E-state index in [0.717, 1.165) is 18.4 Å².